The van der Waals surface area contributed by atoms with Crippen LogP contribution in [0.25, 0.3) is 5.76 Å². The lowest BCUT2D eigenvalue weighted by molar-refractivity contribution is -0.132. The van der Waals surface area contributed by atoms with E-state index >= 15 is 0 Å². The van der Waals surface area contributed by atoms with Crippen LogP contribution in [-0.4, -0.2) is 29.0 Å². The van der Waals surface area contributed by atoms with Gasteiger partial charge in [-0.25, -0.2) is 0 Å². The lowest BCUT2D eigenvalue weighted by Crippen LogP contribution is -2.29. The normalized spacial score (nSPS) is 17.7. The molecule has 0 spiro atoms. The average Bonchev–Trinajstić information content (AvgIpc) is 3.05. The fraction of sp³-hybridized carbons (Fsp3) is 0.120. The van der Waals surface area contributed by atoms with Gasteiger partial charge >= 0.3 is 0 Å². The number of amides is 1. The van der Waals surface area contributed by atoms with Crippen molar-refractivity contribution in [1.82, 2.24) is 0 Å². The zero-order chi connectivity index (χ0) is 22.1. The standard InChI is InChI=1S/C25H21NO5/c1-15-7-6-10-18(13-15)26-22(17-11-12-19(27)20(14-17)31-2)21(24(29)25(26)30)23(28)16-8-4-3-5-9-16/h3-14,22,27-28H,1-2H3. The number of phenols is 1. The molecule has 1 atom stereocenters. The monoisotopic (exact) mass is 415 g/mol. The van der Waals surface area contributed by atoms with Crippen molar-refractivity contribution in [2.45, 2.75) is 13.0 Å². The minimum absolute atomic E-state index is 0.0227. The molecule has 3 aromatic carbocycles. The second-order valence-electron chi connectivity index (χ2n) is 7.31. The first kappa shape index (κ1) is 20.2. The minimum Gasteiger partial charge on any atom is -0.507 e. The van der Waals surface area contributed by atoms with Gasteiger partial charge in [-0.15, -0.1) is 0 Å². The van der Waals surface area contributed by atoms with Crippen molar-refractivity contribution < 1.29 is 24.5 Å². The number of nitrogens with zero attached hydrogens (tertiary/aromatic N) is 1. The summed E-state index contributed by atoms with van der Waals surface area (Å²) in [6, 6.07) is 19.6. The molecule has 1 fully saturated rings. The van der Waals surface area contributed by atoms with Crippen molar-refractivity contribution in [1.29, 1.82) is 0 Å². The summed E-state index contributed by atoms with van der Waals surface area (Å²) in [6.45, 7) is 1.89. The van der Waals surface area contributed by atoms with E-state index in [-0.39, 0.29) is 22.8 Å². The summed E-state index contributed by atoms with van der Waals surface area (Å²) in [4.78, 5) is 27.6. The third-order valence-corrected chi connectivity index (χ3v) is 5.29. The lowest BCUT2D eigenvalue weighted by Gasteiger charge is -2.26. The van der Waals surface area contributed by atoms with Gasteiger partial charge in [-0.3, -0.25) is 14.5 Å². The second kappa shape index (κ2) is 7.99. The topological polar surface area (TPSA) is 87.1 Å². The van der Waals surface area contributed by atoms with Gasteiger partial charge in [-0.05, 0) is 42.3 Å². The SMILES string of the molecule is COc1cc(C2C(=C(O)c3ccccc3)C(=O)C(=O)N2c2cccc(C)c2)ccc1O. The number of aryl methyl sites for hydroxylation is 1. The van der Waals surface area contributed by atoms with Gasteiger partial charge in [-0.2, -0.15) is 0 Å². The highest BCUT2D eigenvalue weighted by atomic mass is 16.5. The van der Waals surface area contributed by atoms with Crippen LogP contribution in [0.3, 0.4) is 0 Å². The molecule has 0 radical (unpaired) electrons. The molecule has 31 heavy (non-hydrogen) atoms. The molecule has 0 aromatic heterocycles. The van der Waals surface area contributed by atoms with Gasteiger partial charge in [0, 0.05) is 11.3 Å². The quantitative estimate of drug-likeness (QED) is 0.376. The number of aliphatic hydroxyl groups excluding tert-OH is 1. The van der Waals surface area contributed by atoms with Gasteiger partial charge in [-0.1, -0.05) is 48.5 Å². The van der Waals surface area contributed by atoms with Crippen molar-refractivity contribution >= 4 is 23.1 Å². The van der Waals surface area contributed by atoms with Gasteiger partial charge in [0.25, 0.3) is 11.7 Å². The van der Waals surface area contributed by atoms with Gasteiger partial charge < -0.3 is 14.9 Å². The van der Waals surface area contributed by atoms with Crippen LogP contribution in [-0.2, 0) is 9.59 Å². The molecular formula is C25H21NO5. The molecule has 3 aromatic rings. The number of ketones is 1. The van der Waals surface area contributed by atoms with E-state index in [0.29, 0.717) is 16.8 Å². The van der Waals surface area contributed by atoms with Gasteiger partial charge in [0.05, 0.1) is 18.7 Å². The molecule has 6 nitrogen and oxygen atoms in total. The Labute approximate surface area is 179 Å². The van der Waals surface area contributed by atoms with Crippen LogP contribution < -0.4 is 9.64 Å². The molecule has 0 bridgehead atoms. The van der Waals surface area contributed by atoms with Crippen LogP contribution in [0.1, 0.15) is 22.7 Å². The van der Waals surface area contributed by atoms with Crippen LogP contribution in [0.2, 0.25) is 0 Å². The number of Topliss-reactive ketones (excluding diaryl/α,β-unsaturated/α-hetero) is 1. The Morgan fingerprint density at radius 2 is 1.71 bits per heavy atom. The fourth-order valence-corrected chi connectivity index (χ4v) is 3.81. The van der Waals surface area contributed by atoms with Crippen LogP contribution in [0.4, 0.5) is 5.69 Å². The molecular weight excluding hydrogens is 394 g/mol. The minimum atomic E-state index is -0.892. The van der Waals surface area contributed by atoms with Crippen LogP contribution in [0.5, 0.6) is 11.5 Å². The fourth-order valence-electron chi connectivity index (χ4n) is 3.81. The largest absolute Gasteiger partial charge is 0.507 e. The average molecular weight is 415 g/mol. The second-order valence-corrected chi connectivity index (χ2v) is 7.31. The summed E-state index contributed by atoms with van der Waals surface area (Å²) >= 11 is 0. The molecule has 4 rings (SSSR count). The van der Waals surface area contributed by atoms with E-state index in [0.717, 1.165) is 5.56 Å². The Balaban J connectivity index is 1.98. The smallest absolute Gasteiger partial charge is 0.300 e. The number of aromatic hydroxyl groups is 1. The molecule has 156 valence electrons. The third kappa shape index (κ3) is 3.53. The first-order valence-corrected chi connectivity index (χ1v) is 9.72. The van der Waals surface area contributed by atoms with Crippen molar-refractivity contribution in [2.75, 3.05) is 12.0 Å². The molecule has 1 amide bonds. The number of carbonyl (C=O) groups excluding carboxylic acids is 2. The molecule has 1 aliphatic heterocycles. The Hall–Kier alpha value is -4.06. The summed E-state index contributed by atoms with van der Waals surface area (Å²) in [5.74, 6) is -1.64. The molecule has 2 N–H and O–H groups in total. The van der Waals surface area contributed by atoms with Crippen molar-refractivity contribution in [3.63, 3.8) is 0 Å². The number of phenolic OH excluding ortho intramolecular Hbond substituents is 1. The summed E-state index contributed by atoms with van der Waals surface area (Å²) in [7, 11) is 1.42. The number of aliphatic hydroxyl groups is 1. The predicted octanol–water partition coefficient (Wildman–Crippen LogP) is 4.34. The Morgan fingerprint density at radius 1 is 0.968 bits per heavy atom. The third-order valence-electron chi connectivity index (χ3n) is 5.29. The van der Waals surface area contributed by atoms with E-state index in [2.05, 4.69) is 0 Å². The van der Waals surface area contributed by atoms with Crippen molar-refractivity contribution in [3.05, 3.63) is 95.1 Å². The van der Waals surface area contributed by atoms with E-state index in [1.54, 1.807) is 60.7 Å². The molecule has 1 saturated heterocycles. The number of ether oxygens (including phenoxy) is 1. The maximum atomic E-state index is 13.1. The Morgan fingerprint density at radius 3 is 2.39 bits per heavy atom. The predicted molar refractivity (Wildman–Crippen MR) is 117 cm³/mol. The highest BCUT2D eigenvalue weighted by molar-refractivity contribution is 6.51. The number of carbonyl (C=O) groups is 2. The first-order valence-electron chi connectivity index (χ1n) is 9.72. The zero-order valence-corrected chi connectivity index (χ0v) is 17.1. The number of hydrogen-bond acceptors (Lipinski definition) is 5. The molecule has 1 heterocycles. The van der Waals surface area contributed by atoms with Gasteiger partial charge in [0.15, 0.2) is 11.5 Å². The van der Waals surface area contributed by atoms with Gasteiger partial charge in [0.2, 0.25) is 0 Å². The number of methoxy groups -OCH3 is 1. The number of hydrogen-bond donors (Lipinski definition) is 2. The summed E-state index contributed by atoms with van der Waals surface area (Å²) < 4.78 is 5.22. The summed E-state index contributed by atoms with van der Waals surface area (Å²) in [5.41, 5.74) is 2.38. The highest BCUT2D eigenvalue weighted by Crippen LogP contribution is 2.44. The maximum Gasteiger partial charge on any atom is 0.300 e. The van der Waals surface area contributed by atoms with Crippen molar-refractivity contribution in [3.8, 4) is 11.5 Å². The number of rotatable bonds is 4. The van der Waals surface area contributed by atoms with E-state index in [1.165, 1.54) is 18.1 Å². The summed E-state index contributed by atoms with van der Waals surface area (Å²) in [6.07, 6.45) is 0. The Bertz CT molecular complexity index is 1200. The van der Waals surface area contributed by atoms with E-state index < -0.39 is 17.7 Å². The first-order chi connectivity index (χ1) is 14.9. The molecule has 1 aliphatic rings. The Kier molecular flexibility index (Phi) is 5.21. The molecule has 6 heteroatoms. The van der Waals surface area contributed by atoms with Crippen LogP contribution >= 0.6 is 0 Å². The van der Waals surface area contributed by atoms with Crippen molar-refractivity contribution in [2.24, 2.45) is 0 Å². The lowest BCUT2D eigenvalue weighted by atomic mass is 9.94. The number of benzene rings is 3. The highest BCUT2D eigenvalue weighted by Gasteiger charge is 2.47. The molecule has 1 unspecified atom stereocenters. The van der Waals surface area contributed by atoms with Gasteiger partial charge in [0.1, 0.15) is 5.76 Å². The zero-order valence-electron chi connectivity index (χ0n) is 17.1. The number of anilines is 1. The van der Waals surface area contributed by atoms with E-state index in [9.17, 15) is 19.8 Å². The molecule has 0 aliphatic carbocycles. The summed E-state index contributed by atoms with van der Waals surface area (Å²) in [5, 5.41) is 21.1. The van der Waals surface area contributed by atoms with Crippen LogP contribution in [0, 0.1) is 6.92 Å². The van der Waals surface area contributed by atoms with Crippen LogP contribution in [0.15, 0.2) is 78.4 Å². The van der Waals surface area contributed by atoms with E-state index in [4.69, 9.17) is 4.74 Å². The molecule has 0 saturated carbocycles. The maximum absolute atomic E-state index is 13.1. The van der Waals surface area contributed by atoms with E-state index in [1.807, 2.05) is 13.0 Å².